The number of pyridine rings is 1. The molecule has 0 aromatic carbocycles. The Hall–Kier alpha value is -2.81. The number of aromatic nitrogens is 4. The molecule has 1 amide bonds. The highest BCUT2D eigenvalue weighted by atomic mass is 32.2. The molecule has 8 nitrogen and oxygen atoms in total. The van der Waals surface area contributed by atoms with Crippen molar-refractivity contribution in [3.8, 4) is 0 Å². The first kappa shape index (κ1) is 21.1. The molecule has 3 heterocycles. The predicted molar refractivity (Wildman–Crippen MR) is 128 cm³/mol. The molecule has 0 radical (unpaired) electrons. The molecule has 2 fully saturated rings. The first-order valence-corrected chi connectivity index (χ1v) is 12.4. The number of anilines is 1. The third-order valence-electron chi connectivity index (χ3n) is 6.15. The lowest BCUT2D eigenvalue weighted by Gasteiger charge is -2.22. The Balaban J connectivity index is 1.67. The molecule has 5 rings (SSSR count). The van der Waals surface area contributed by atoms with Crippen molar-refractivity contribution in [2.24, 2.45) is 7.05 Å². The van der Waals surface area contributed by atoms with E-state index in [1.165, 1.54) is 18.7 Å². The summed E-state index contributed by atoms with van der Waals surface area (Å²) in [5.41, 5.74) is 3.09. The number of hydrogen-bond donors (Lipinski definition) is 1. The van der Waals surface area contributed by atoms with E-state index in [9.17, 15) is 9.59 Å². The second-order valence-corrected chi connectivity index (χ2v) is 9.50. The van der Waals surface area contributed by atoms with E-state index in [2.05, 4.69) is 15.2 Å². The van der Waals surface area contributed by atoms with E-state index in [-0.39, 0.29) is 11.7 Å². The van der Waals surface area contributed by atoms with Crippen LogP contribution in [-0.4, -0.2) is 54.0 Å². The number of rotatable bonds is 8. The molecular weight excluding hydrogens is 424 g/mol. The van der Waals surface area contributed by atoms with Crippen molar-refractivity contribution in [3.63, 3.8) is 0 Å². The smallest absolute Gasteiger partial charge is 0.271 e. The van der Waals surface area contributed by atoms with Crippen molar-refractivity contribution >= 4 is 51.3 Å². The monoisotopic (exact) mass is 452 g/mol. The summed E-state index contributed by atoms with van der Waals surface area (Å²) in [6, 6.07) is 2.77. The number of ketones is 1. The van der Waals surface area contributed by atoms with Gasteiger partial charge in [0.2, 0.25) is 0 Å². The molecule has 2 aliphatic rings. The number of carbonyl (C=O) groups is 2. The number of imidazole rings is 1. The summed E-state index contributed by atoms with van der Waals surface area (Å²) < 4.78 is 3.98. The Morgan fingerprint density at radius 2 is 1.97 bits per heavy atom. The van der Waals surface area contributed by atoms with Crippen LogP contribution in [0.3, 0.4) is 0 Å². The number of amides is 1. The second kappa shape index (κ2) is 7.95. The van der Waals surface area contributed by atoms with E-state index in [4.69, 9.17) is 4.98 Å². The quantitative estimate of drug-likeness (QED) is 0.522. The first-order chi connectivity index (χ1) is 15.4. The molecule has 1 N–H and O–H groups in total. The second-order valence-electron chi connectivity index (χ2n) is 8.65. The third kappa shape index (κ3) is 3.58. The standard InChI is InChI=1S/C23H28N6O2S/c1-5-28-17(23(31)29(14-6-7-14)15-8-9-15)11-16-20-19(24-12-27(20)3)21(26-22(16)28)25-18(32-4)10-13(2)30/h10-12,14-15H,5-9H2,1-4H3,(H,25,26). The van der Waals surface area contributed by atoms with Gasteiger partial charge in [-0.3, -0.25) is 9.59 Å². The molecule has 0 spiro atoms. The van der Waals surface area contributed by atoms with Gasteiger partial charge in [-0.05, 0) is 51.9 Å². The average Bonchev–Trinajstić information content (AvgIpc) is 3.69. The van der Waals surface area contributed by atoms with Gasteiger partial charge in [-0.25, -0.2) is 9.97 Å². The van der Waals surface area contributed by atoms with Crippen LogP contribution in [0.4, 0.5) is 5.82 Å². The van der Waals surface area contributed by atoms with E-state index in [1.807, 2.05) is 35.4 Å². The Morgan fingerprint density at radius 3 is 2.53 bits per heavy atom. The van der Waals surface area contributed by atoms with E-state index in [1.54, 1.807) is 12.4 Å². The zero-order chi connectivity index (χ0) is 22.6. The van der Waals surface area contributed by atoms with Crippen LogP contribution < -0.4 is 5.32 Å². The zero-order valence-electron chi connectivity index (χ0n) is 18.9. The van der Waals surface area contributed by atoms with E-state index < -0.39 is 0 Å². The summed E-state index contributed by atoms with van der Waals surface area (Å²) in [7, 11) is 1.95. The highest BCUT2D eigenvalue weighted by Gasteiger charge is 2.43. The number of allylic oxidation sites excluding steroid dienone is 1. The number of thioether (sulfide) groups is 1. The van der Waals surface area contributed by atoms with Crippen molar-refractivity contribution in [1.29, 1.82) is 0 Å². The summed E-state index contributed by atoms with van der Waals surface area (Å²) in [6.07, 6.45) is 9.64. The molecule has 32 heavy (non-hydrogen) atoms. The van der Waals surface area contributed by atoms with Crippen molar-refractivity contribution in [2.75, 3.05) is 11.6 Å². The van der Waals surface area contributed by atoms with E-state index >= 15 is 0 Å². The van der Waals surface area contributed by atoms with Gasteiger partial charge in [-0.2, -0.15) is 0 Å². The van der Waals surface area contributed by atoms with Crippen LogP contribution in [0, 0.1) is 0 Å². The molecule has 0 unspecified atom stereocenters. The maximum atomic E-state index is 13.6. The number of hydrogen-bond acceptors (Lipinski definition) is 6. The molecule has 168 valence electrons. The summed E-state index contributed by atoms with van der Waals surface area (Å²) in [4.78, 5) is 36.9. The number of aryl methyl sites for hydroxylation is 2. The Labute approximate surface area is 191 Å². The Morgan fingerprint density at radius 1 is 1.28 bits per heavy atom. The molecule has 3 aromatic heterocycles. The molecule has 0 aliphatic heterocycles. The van der Waals surface area contributed by atoms with Crippen LogP contribution in [0.2, 0.25) is 0 Å². The molecule has 0 atom stereocenters. The van der Waals surface area contributed by atoms with Gasteiger partial charge in [0.15, 0.2) is 11.6 Å². The van der Waals surface area contributed by atoms with Crippen molar-refractivity contribution in [2.45, 2.75) is 58.2 Å². The normalized spacial score (nSPS) is 16.7. The topological polar surface area (TPSA) is 85.0 Å². The van der Waals surface area contributed by atoms with Gasteiger partial charge in [-0.1, -0.05) is 0 Å². The maximum Gasteiger partial charge on any atom is 0.271 e. The van der Waals surface area contributed by atoms with E-state index in [0.29, 0.717) is 35.2 Å². The fourth-order valence-electron chi connectivity index (χ4n) is 4.41. The van der Waals surface area contributed by atoms with Crippen LogP contribution in [0.25, 0.3) is 22.1 Å². The van der Waals surface area contributed by atoms with Gasteiger partial charge >= 0.3 is 0 Å². The number of fused-ring (bicyclic) bond motifs is 3. The predicted octanol–water partition coefficient (Wildman–Crippen LogP) is 3.92. The Kier molecular flexibility index (Phi) is 5.23. The van der Waals surface area contributed by atoms with Gasteiger partial charge in [0, 0.05) is 37.1 Å². The Bertz CT molecular complexity index is 1250. The van der Waals surface area contributed by atoms with Gasteiger partial charge in [0.05, 0.1) is 16.9 Å². The summed E-state index contributed by atoms with van der Waals surface area (Å²) >= 11 is 1.45. The number of nitrogens with one attached hydrogen (secondary N) is 1. The number of carbonyl (C=O) groups excluding carboxylic acids is 2. The van der Waals surface area contributed by atoms with Crippen LogP contribution in [-0.2, 0) is 18.4 Å². The zero-order valence-corrected chi connectivity index (χ0v) is 19.7. The average molecular weight is 453 g/mol. The third-order valence-corrected chi connectivity index (χ3v) is 6.81. The molecule has 0 saturated heterocycles. The molecule has 2 saturated carbocycles. The molecule has 9 heteroatoms. The lowest BCUT2D eigenvalue weighted by atomic mass is 10.2. The highest BCUT2D eigenvalue weighted by Crippen LogP contribution is 2.39. The minimum absolute atomic E-state index is 0.0368. The van der Waals surface area contributed by atoms with Gasteiger partial charge in [0.25, 0.3) is 5.91 Å². The molecule has 0 bridgehead atoms. The van der Waals surface area contributed by atoms with Crippen LogP contribution in [0.5, 0.6) is 0 Å². The molecule has 3 aromatic rings. The van der Waals surface area contributed by atoms with Crippen LogP contribution in [0.15, 0.2) is 23.5 Å². The van der Waals surface area contributed by atoms with Gasteiger partial charge in [0.1, 0.15) is 16.9 Å². The largest absolute Gasteiger partial charge is 0.333 e. The lowest BCUT2D eigenvalue weighted by Crippen LogP contribution is -2.36. The minimum atomic E-state index is -0.0368. The maximum absolute atomic E-state index is 13.6. The first-order valence-electron chi connectivity index (χ1n) is 11.1. The summed E-state index contributed by atoms with van der Waals surface area (Å²) in [6.45, 7) is 4.21. The van der Waals surface area contributed by atoms with Crippen LogP contribution >= 0.6 is 11.8 Å². The van der Waals surface area contributed by atoms with Crippen molar-refractivity contribution in [3.05, 3.63) is 29.2 Å². The number of nitrogens with zero attached hydrogens (tertiary/aromatic N) is 5. The molecule has 2 aliphatic carbocycles. The van der Waals surface area contributed by atoms with Gasteiger partial charge < -0.3 is 19.4 Å². The van der Waals surface area contributed by atoms with Crippen LogP contribution in [0.1, 0.15) is 50.0 Å². The van der Waals surface area contributed by atoms with Crippen molar-refractivity contribution < 1.29 is 9.59 Å². The highest BCUT2D eigenvalue weighted by molar-refractivity contribution is 8.02. The lowest BCUT2D eigenvalue weighted by molar-refractivity contribution is -0.112. The minimum Gasteiger partial charge on any atom is -0.333 e. The summed E-state index contributed by atoms with van der Waals surface area (Å²) in [5, 5.41) is 4.91. The SMILES string of the molecule is CCn1c(C(=O)N(C2CC2)C2CC2)cc2c3c(ncn3C)c(NC(=CC(C)=O)SC)nc21. The fourth-order valence-corrected chi connectivity index (χ4v) is 4.90. The van der Waals surface area contributed by atoms with Gasteiger partial charge in [-0.15, -0.1) is 11.8 Å². The fraction of sp³-hybridized carbons (Fsp3) is 0.478. The molecular formula is C23H28N6O2S. The van der Waals surface area contributed by atoms with E-state index in [0.717, 1.165) is 47.8 Å². The summed E-state index contributed by atoms with van der Waals surface area (Å²) in [5.74, 6) is 0.661. The van der Waals surface area contributed by atoms with Crippen molar-refractivity contribution in [1.82, 2.24) is 24.0 Å².